The second-order valence-electron chi connectivity index (χ2n) is 4.03. The molecule has 5 heteroatoms. The van der Waals surface area contributed by atoms with E-state index in [0.29, 0.717) is 12.0 Å². The van der Waals surface area contributed by atoms with Crippen LogP contribution in [0.4, 0.5) is 0 Å². The third-order valence-electron chi connectivity index (χ3n) is 2.91. The second-order valence-corrected chi connectivity index (χ2v) is 4.03. The minimum atomic E-state index is -0.457. The first-order valence-corrected chi connectivity index (χ1v) is 5.38. The number of hydrogen-bond donors (Lipinski definition) is 2. The van der Waals surface area contributed by atoms with Gasteiger partial charge in [0.15, 0.2) is 0 Å². The summed E-state index contributed by atoms with van der Waals surface area (Å²) in [6.45, 7) is -0.164. The Morgan fingerprint density at radius 1 is 1.59 bits per heavy atom. The standard InChI is InChI=1S/C12H15NO4/c1-16-10(15)6-17-12-8(13)5-7-3-2-4-9(14)11(7)12/h2-4,8,12,14H,5-6,13H2,1H3. The van der Waals surface area contributed by atoms with E-state index in [2.05, 4.69) is 4.74 Å². The summed E-state index contributed by atoms with van der Waals surface area (Å²) in [5, 5.41) is 9.79. The van der Waals surface area contributed by atoms with Crippen LogP contribution in [0.5, 0.6) is 5.75 Å². The molecule has 5 nitrogen and oxygen atoms in total. The summed E-state index contributed by atoms with van der Waals surface area (Å²) in [6, 6.07) is 5.01. The molecule has 0 bridgehead atoms. The Morgan fingerprint density at radius 3 is 3.06 bits per heavy atom. The maximum Gasteiger partial charge on any atom is 0.331 e. The lowest BCUT2D eigenvalue weighted by Crippen LogP contribution is -2.28. The monoisotopic (exact) mass is 237 g/mol. The molecule has 1 aliphatic rings. The number of nitrogens with two attached hydrogens (primary N) is 1. The third kappa shape index (κ3) is 2.25. The first kappa shape index (κ1) is 11.9. The van der Waals surface area contributed by atoms with E-state index in [-0.39, 0.29) is 18.4 Å². The number of phenolic OH excluding ortho intramolecular Hbond substituents is 1. The largest absolute Gasteiger partial charge is 0.508 e. The van der Waals surface area contributed by atoms with Crippen molar-refractivity contribution < 1.29 is 19.4 Å². The number of carbonyl (C=O) groups excluding carboxylic acids is 1. The summed E-state index contributed by atoms with van der Waals surface area (Å²) in [5.74, 6) is -0.300. The Balaban J connectivity index is 2.17. The Bertz CT molecular complexity index is 433. The lowest BCUT2D eigenvalue weighted by atomic mass is 10.1. The van der Waals surface area contributed by atoms with E-state index >= 15 is 0 Å². The summed E-state index contributed by atoms with van der Waals surface area (Å²) in [4.78, 5) is 11.0. The van der Waals surface area contributed by atoms with Crippen LogP contribution in [-0.4, -0.2) is 30.8 Å². The van der Waals surface area contributed by atoms with Crippen molar-refractivity contribution in [3.63, 3.8) is 0 Å². The van der Waals surface area contributed by atoms with Crippen LogP contribution < -0.4 is 5.73 Å². The van der Waals surface area contributed by atoms with Crippen molar-refractivity contribution in [3.05, 3.63) is 29.3 Å². The van der Waals surface area contributed by atoms with Gasteiger partial charge in [-0.05, 0) is 18.1 Å². The number of rotatable bonds is 3. The molecule has 0 saturated carbocycles. The number of aromatic hydroxyl groups is 1. The summed E-state index contributed by atoms with van der Waals surface area (Å²) >= 11 is 0. The molecule has 1 aliphatic carbocycles. The molecule has 2 atom stereocenters. The fourth-order valence-electron chi connectivity index (χ4n) is 2.10. The first-order chi connectivity index (χ1) is 8.13. The summed E-state index contributed by atoms with van der Waals surface area (Å²) in [6.07, 6.45) is 0.181. The fourth-order valence-corrected chi connectivity index (χ4v) is 2.10. The van der Waals surface area contributed by atoms with Crippen LogP contribution in [-0.2, 0) is 20.7 Å². The Hall–Kier alpha value is -1.59. The summed E-state index contributed by atoms with van der Waals surface area (Å²) < 4.78 is 9.91. The van der Waals surface area contributed by atoms with E-state index in [1.807, 2.05) is 6.07 Å². The highest BCUT2D eigenvalue weighted by atomic mass is 16.6. The number of esters is 1. The molecule has 0 saturated heterocycles. The van der Waals surface area contributed by atoms with Crippen LogP contribution in [0.3, 0.4) is 0 Å². The van der Waals surface area contributed by atoms with Crippen molar-refractivity contribution in [2.75, 3.05) is 13.7 Å². The molecular weight excluding hydrogens is 222 g/mol. The van der Waals surface area contributed by atoms with Crippen LogP contribution in [0.25, 0.3) is 0 Å². The SMILES string of the molecule is COC(=O)COC1c2c(O)cccc2CC1N. The van der Waals surface area contributed by atoms with Crippen molar-refractivity contribution >= 4 is 5.97 Å². The average molecular weight is 237 g/mol. The molecule has 0 fully saturated rings. The number of benzene rings is 1. The molecule has 0 amide bonds. The van der Waals surface area contributed by atoms with Gasteiger partial charge in [0.25, 0.3) is 0 Å². The van der Waals surface area contributed by atoms with Gasteiger partial charge in [0.2, 0.25) is 0 Å². The van der Waals surface area contributed by atoms with E-state index in [0.717, 1.165) is 5.56 Å². The van der Waals surface area contributed by atoms with Crippen LogP contribution in [0.2, 0.25) is 0 Å². The first-order valence-electron chi connectivity index (χ1n) is 5.38. The van der Waals surface area contributed by atoms with Crippen molar-refractivity contribution in [2.45, 2.75) is 18.6 Å². The molecule has 2 rings (SSSR count). The van der Waals surface area contributed by atoms with Gasteiger partial charge in [0.05, 0.1) is 7.11 Å². The number of phenols is 1. The number of methoxy groups -OCH3 is 1. The van der Waals surface area contributed by atoms with Gasteiger partial charge in [0.1, 0.15) is 18.5 Å². The van der Waals surface area contributed by atoms with Gasteiger partial charge in [0, 0.05) is 11.6 Å². The fraction of sp³-hybridized carbons (Fsp3) is 0.417. The van der Waals surface area contributed by atoms with Gasteiger partial charge in [-0.2, -0.15) is 0 Å². The van der Waals surface area contributed by atoms with Crippen molar-refractivity contribution in [1.29, 1.82) is 0 Å². The van der Waals surface area contributed by atoms with Crippen LogP contribution in [0, 0.1) is 0 Å². The van der Waals surface area contributed by atoms with Crippen molar-refractivity contribution in [2.24, 2.45) is 5.73 Å². The molecular formula is C12H15NO4. The van der Waals surface area contributed by atoms with Gasteiger partial charge in [-0.15, -0.1) is 0 Å². The molecule has 1 aromatic carbocycles. The zero-order valence-corrected chi connectivity index (χ0v) is 9.55. The van der Waals surface area contributed by atoms with Gasteiger partial charge in [-0.3, -0.25) is 0 Å². The molecule has 3 N–H and O–H groups in total. The lowest BCUT2D eigenvalue weighted by Gasteiger charge is -2.17. The topological polar surface area (TPSA) is 81.8 Å². The molecule has 1 aromatic rings. The normalized spacial score (nSPS) is 22.2. The van der Waals surface area contributed by atoms with Crippen molar-refractivity contribution in [1.82, 2.24) is 0 Å². The molecule has 0 aliphatic heterocycles. The Kier molecular flexibility index (Phi) is 3.31. The summed E-state index contributed by atoms with van der Waals surface area (Å²) in [5.41, 5.74) is 7.59. The number of hydrogen-bond acceptors (Lipinski definition) is 5. The maximum absolute atomic E-state index is 11.0. The van der Waals surface area contributed by atoms with E-state index < -0.39 is 12.1 Å². The third-order valence-corrected chi connectivity index (χ3v) is 2.91. The highest BCUT2D eigenvalue weighted by Crippen LogP contribution is 2.38. The van der Waals surface area contributed by atoms with Crippen LogP contribution >= 0.6 is 0 Å². The quantitative estimate of drug-likeness (QED) is 0.748. The Labute approximate surface area is 99.1 Å². The zero-order valence-electron chi connectivity index (χ0n) is 9.55. The highest BCUT2D eigenvalue weighted by Gasteiger charge is 2.33. The Morgan fingerprint density at radius 2 is 2.35 bits per heavy atom. The lowest BCUT2D eigenvalue weighted by molar-refractivity contribution is -0.148. The predicted octanol–water partition coefficient (Wildman–Crippen LogP) is 0.506. The van der Waals surface area contributed by atoms with Gasteiger partial charge in [-0.25, -0.2) is 4.79 Å². The number of carbonyl (C=O) groups is 1. The van der Waals surface area contributed by atoms with E-state index in [4.69, 9.17) is 10.5 Å². The molecule has 2 unspecified atom stereocenters. The zero-order chi connectivity index (χ0) is 12.4. The molecule has 0 aromatic heterocycles. The molecule has 0 radical (unpaired) electrons. The van der Waals surface area contributed by atoms with Gasteiger partial charge < -0.3 is 20.3 Å². The molecule has 0 heterocycles. The minimum absolute atomic E-state index is 0.158. The highest BCUT2D eigenvalue weighted by molar-refractivity contribution is 5.70. The van der Waals surface area contributed by atoms with Crippen molar-refractivity contribution in [3.8, 4) is 5.75 Å². The predicted molar refractivity (Wildman–Crippen MR) is 60.5 cm³/mol. The van der Waals surface area contributed by atoms with E-state index in [1.54, 1.807) is 12.1 Å². The van der Waals surface area contributed by atoms with Crippen LogP contribution in [0.1, 0.15) is 17.2 Å². The van der Waals surface area contributed by atoms with Gasteiger partial charge >= 0.3 is 5.97 Å². The van der Waals surface area contributed by atoms with Gasteiger partial charge in [-0.1, -0.05) is 12.1 Å². The average Bonchev–Trinajstić information content (AvgIpc) is 2.63. The summed E-state index contributed by atoms with van der Waals surface area (Å²) in [7, 11) is 1.30. The maximum atomic E-state index is 11.0. The number of ether oxygens (including phenoxy) is 2. The second kappa shape index (κ2) is 4.73. The van der Waals surface area contributed by atoms with Crippen LogP contribution in [0.15, 0.2) is 18.2 Å². The molecule has 0 spiro atoms. The smallest absolute Gasteiger partial charge is 0.331 e. The number of fused-ring (bicyclic) bond motifs is 1. The minimum Gasteiger partial charge on any atom is -0.508 e. The molecule has 17 heavy (non-hydrogen) atoms. The van der Waals surface area contributed by atoms with E-state index in [9.17, 15) is 9.90 Å². The molecule has 92 valence electrons. The van der Waals surface area contributed by atoms with E-state index in [1.165, 1.54) is 7.11 Å².